The number of aryl methyl sites for hydroxylation is 2. The Balaban J connectivity index is 1.65. The topological polar surface area (TPSA) is 92.7 Å². The van der Waals surface area contributed by atoms with E-state index < -0.39 is 16.0 Å². The number of halogens is 2. The summed E-state index contributed by atoms with van der Waals surface area (Å²) in [6, 6.07) is 8.07. The molecule has 4 rings (SSSR count). The monoisotopic (exact) mass is 522 g/mol. The third-order valence-corrected chi connectivity index (χ3v) is 8.05. The minimum atomic E-state index is -3.78. The molecule has 1 aromatic heterocycles. The van der Waals surface area contributed by atoms with E-state index in [-0.39, 0.29) is 40.3 Å². The highest BCUT2D eigenvalue weighted by atomic mass is 35.5. The fourth-order valence-electron chi connectivity index (χ4n) is 3.83. The van der Waals surface area contributed by atoms with Crippen molar-refractivity contribution in [1.82, 2.24) is 14.3 Å². The number of rotatable bonds is 5. The number of sulfonamides is 1. The Kier molecular flexibility index (Phi) is 7.00. The first-order chi connectivity index (χ1) is 16.1. The van der Waals surface area contributed by atoms with Crippen molar-refractivity contribution in [1.29, 1.82) is 0 Å². The summed E-state index contributed by atoms with van der Waals surface area (Å²) in [7, 11) is -3.78. The van der Waals surface area contributed by atoms with Gasteiger partial charge in [0, 0.05) is 36.2 Å². The van der Waals surface area contributed by atoms with Crippen LogP contribution >= 0.6 is 23.2 Å². The molecule has 0 atom stereocenters. The molecule has 2 aromatic carbocycles. The summed E-state index contributed by atoms with van der Waals surface area (Å²) in [5, 5.41) is 0.501. The number of anilines is 1. The van der Waals surface area contributed by atoms with Gasteiger partial charge in [-0.25, -0.2) is 23.2 Å². The van der Waals surface area contributed by atoms with E-state index >= 15 is 0 Å². The lowest BCUT2D eigenvalue weighted by atomic mass is 10.1. The molecule has 2 heterocycles. The second-order valence-electron chi connectivity index (χ2n) is 8.04. The van der Waals surface area contributed by atoms with E-state index in [4.69, 9.17) is 32.9 Å². The van der Waals surface area contributed by atoms with Crippen LogP contribution in [0.3, 0.4) is 0 Å². The summed E-state index contributed by atoms with van der Waals surface area (Å²) in [6.07, 6.45) is 0. The fourth-order valence-corrected chi connectivity index (χ4v) is 5.98. The van der Waals surface area contributed by atoms with Crippen LogP contribution in [0.1, 0.15) is 28.5 Å². The first-order valence-corrected chi connectivity index (χ1v) is 13.0. The van der Waals surface area contributed by atoms with Crippen LogP contribution < -0.4 is 4.90 Å². The van der Waals surface area contributed by atoms with Crippen molar-refractivity contribution < 1.29 is 17.9 Å². The zero-order chi connectivity index (χ0) is 24.6. The third-order valence-electron chi connectivity index (χ3n) is 5.74. The molecule has 1 fully saturated rings. The number of esters is 1. The molecule has 34 heavy (non-hydrogen) atoms. The molecule has 180 valence electrons. The van der Waals surface area contributed by atoms with Gasteiger partial charge in [-0.1, -0.05) is 23.2 Å². The summed E-state index contributed by atoms with van der Waals surface area (Å²) in [5.41, 5.74) is 3.50. The summed E-state index contributed by atoms with van der Waals surface area (Å²) >= 11 is 12.0. The van der Waals surface area contributed by atoms with Crippen molar-refractivity contribution in [2.45, 2.75) is 25.7 Å². The summed E-state index contributed by atoms with van der Waals surface area (Å²) in [6.45, 7) is 6.94. The standard InChI is InChI=1S/C23H24Cl2N4O4S/c1-4-33-23(30)21-22(27-20-10-15(3)14(2)9-19(20)26-21)28-5-7-29(8-6-28)34(31,32)18-12-16(24)11-17(25)13-18/h9-13H,4-8H2,1-3H3. The lowest BCUT2D eigenvalue weighted by Crippen LogP contribution is -2.49. The van der Waals surface area contributed by atoms with E-state index in [2.05, 4.69) is 4.98 Å². The van der Waals surface area contributed by atoms with Gasteiger partial charge in [0.25, 0.3) is 0 Å². The fraction of sp³-hybridized carbons (Fsp3) is 0.348. The summed E-state index contributed by atoms with van der Waals surface area (Å²) in [4.78, 5) is 23.9. The van der Waals surface area contributed by atoms with E-state index in [1.807, 2.05) is 30.9 Å². The summed E-state index contributed by atoms with van der Waals surface area (Å²) in [5.74, 6) is -0.175. The van der Waals surface area contributed by atoms with Crippen molar-refractivity contribution in [3.63, 3.8) is 0 Å². The van der Waals surface area contributed by atoms with Crippen LogP contribution in [0.5, 0.6) is 0 Å². The number of hydrogen-bond acceptors (Lipinski definition) is 7. The van der Waals surface area contributed by atoms with Gasteiger partial charge in [-0.05, 0) is 62.2 Å². The number of aromatic nitrogens is 2. The molecular formula is C23H24Cl2N4O4S. The van der Waals surface area contributed by atoms with Crippen LogP contribution in [-0.2, 0) is 14.8 Å². The number of piperazine rings is 1. The molecule has 0 N–H and O–H groups in total. The third kappa shape index (κ3) is 4.84. The van der Waals surface area contributed by atoms with Crippen molar-refractivity contribution in [3.05, 3.63) is 57.2 Å². The number of benzene rings is 2. The van der Waals surface area contributed by atoms with E-state index in [1.54, 1.807) is 6.92 Å². The highest BCUT2D eigenvalue weighted by molar-refractivity contribution is 7.89. The molecule has 8 nitrogen and oxygen atoms in total. The molecule has 3 aromatic rings. The molecule has 0 amide bonds. The van der Waals surface area contributed by atoms with Crippen molar-refractivity contribution in [2.75, 3.05) is 37.7 Å². The second-order valence-corrected chi connectivity index (χ2v) is 10.8. The molecule has 1 aliphatic heterocycles. The highest BCUT2D eigenvalue weighted by Gasteiger charge is 2.32. The van der Waals surface area contributed by atoms with Gasteiger partial charge in [0.05, 0.1) is 22.5 Å². The molecule has 0 saturated carbocycles. The molecule has 1 aliphatic rings. The molecule has 0 unspecified atom stereocenters. The molecule has 0 bridgehead atoms. The average Bonchev–Trinajstić information content (AvgIpc) is 2.79. The normalized spacial score (nSPS) is 15.0. The number of hydrogen-bond donors (Lipinski definition) is 0. The lowest BCUT2D eigenvalue weighted by Gasteiger charge is -2.35. The number of ether oxygens (including phenoxy) is 1. The molecule has 0 spiro atoms. The zero-order valence-corrected chi connectivity index (χ0v) is 21.3. The van der Waals surface area contributed by atoms with Crippen LogP contribution in [0, 0.1) is 13.8 Å². The Bertz CT molecular complexity index is 1350. The smallest absolute Gasteiger partial charge is 0.360 e. The van der Waals surface area contributed by atoms with Gasteiger partial charge in [0.2, 0.25) is 10.0 Å². The Labute approximate surface area is 208 Å². The van der Waals surface area contributed by atoms with Crippen LogP contribution in [0.4, 0.5) is 5.82 Å². The minimum absolute atomic E-state index is 0.0435. The van der Waals surface area contributed by atoms with Crippen molar-refractivity contribution in [2.24, 2.45) is 0 Å². The van der Waals surface area contributed by atoms with Gasteiger partial charge in [-0.2, -0.15) is 4.31 Å². The number of carbonyl (C=O) groups excluding carboxylic acids is 1. The van der Waals surface area contributed by atoms with E-state index in [9.17, 15) is 13.2 Å². The van der Waals surface area contributed by atoms with Gasteiger partial charge >= 0.3 is 5.97 Å². The predicted molar refractivity (Wildman–Crippen MR) is 132 cm³/mol. The van der Waals surface area contributed by atoms with Crippen LogP contribution in [-0.4, -0.2) is 61.4 Å². The maximum Gasteiger partial charge on any atom is 0.360 e. The number of fused-ring (bicyclic) bond motifs is 1. The first kappa shape index (κ1) is 24.7. The maximum absolute atomic E-state index is 13.1. The predicted octanol–water partition coefficient (Wildman–Crippen LogP) is 4.24. The van der Waals surface area contributed by atoms with Crippen LogP contribution in [0.2, 0.25) is 10.0 Å². The Morgan fingerprint density at radius 2 is 1.50 bits per heavy atom. The van der Waals surface area contributed by atoms with E-state index in [0.29, 0.717) is 29.9 Å². The highest BCUT2D eigenvalue weighted by Crippen LogP contribution is 2.28. The number of carbonyl (C=O) groups is 1. The Morgan fingerprint density at radius 1 is 0.941 bits per heavy atom. The molecule has 0 aliphatic carbocycles. The van der Waals surface area contributed by atoms with Crippen LogP contribution in [0.15, 0.2) is 35.2 Å². The zero-order valence-electron chi connectivity index (χ0n) is 19.0. The van der Waals surface area contributed by atoms with Crippen molar-refractivity contribution >= 4 is 56.0 Å². The Morgan fingerprint density at radius 3 is 2.06 bits per heavy atom. The van der Waals surface area contributed by atoms with E-state index in [0.717, 1.165) is 11.1 Å². The lowest BCUT2D eigenvalue weighted by molar-refractivity contribution is 0.0520. The van der Waals surface area contributed by atoms with Gasteiger partial charge in [-0.15, -0.1) is 0 Å². The van der Waals surface area contributed by atoms with Gasteiger partial charge in [0.1, 0.15) is 0 Å². The van der Waals surface area contributed by atoms with Gasteiger partial charge < -0.3 is 9.64 Å². The Hall–Kier alpha value is -2.46. The molecule has 11 heteroatoms. The number of nitrogens with zero attached hydrogens (tertiary/aromatic N) is 4. The maximum atomic E-state index is 13.1. The molecular weight excluding hydrogens is 499 g/mol. The van der Waals surface area contributed by atoms with Gasteiger partial charge in [-0.3, -0.25) is 0 Å². The molecule has 0 radical (unpaired) electrons. The van der Waals surface area contributed by atoms with Gasteiger partial charge in [0.15, 0.2) is 11.5 Å². The van der Waals surface area contributed by atoms with E-state index in [1.165, 1.54) is 22.5 Å². The summed E-state index contributed by atoms with van der Waals surface area (Å²) < 4.78 is 32.8. The first-order valence-electron chi connectivity index (χ1n) is 10.8. The minimum Gasteiger partial charge on any atom is -0.461 e. The second kappa shape index (κ2) is 9.65. The molecule has 1 saturated heterocycles. The van der Waals surface area contributed by atoms with Crippen molar-refractivity contribution in [3.8, 4) is 0 Å². The largest absolute Gasteiger partial charge is 0.461 e. The quantitative estimate of drug-likeness (QED) is 0.462. The average molecular weight is 523 g/mol. The SMILES string of the molecule is CCOC(=O)c1nc2cc(C)c(C)cc2nc1N1CCN(S(=O)(=O)c2cc(Cl)cc(Cl)c2)CC1. The van der Waals surface area contributed by atoms with Crippen LogP contribution in [0.25, 0.3) is 11.0 Å².